The van der Waals surface area contributed by atoms with Gasteiger partial charge in [-0.2, -0.15) is 0 Å². The van der Waals surface area contributed by atoms with E-state index in [9.17, 15) is 0 Å². The Bertz CT molecular complexity index is 410. The molecule has 2 aromatic rings. The van der Waals surface area contributed by atoms with Gasteiger partial charge in [0, 0.05) is 12.0 Å². The molecule has 0 spiro atoms. The van der Waals surface area contributed by atoms with E-state index < -0.39 is 0 Å². The number of nitrogens with one attached hydrogen (secondary N) is 1. The van der Waals surface area contributed by atoms with E-state index in [0.29, 0.717) is 12.0 Å². The highest BCUT2D eigenvalue weighted by Gasteiger charge is 2.16. The maximum atomic E-state index is 3.33. The van der Waals surface area contributed by atoms with Crippen molar-refractivity contribution < 1.29 is 0 Å². The Morgan fingerprint density at radius 1 is 0.833 bits per heavy atom. The van der Waals surface area contributed by atoms with Crippen LogP contribution in [0.25, 0.3) is 0 Å². The summed E-state index contributed by atoms with van der Waals surface area (Å²) in [5.74, 6) is 0.467. The molecule has 0 aliphatic heterocycles. The third-order valence-electron chi connectivity index (χ3n) is 3.49. The molecule has 2 rings (SSSR count). The first-order valence-corrected chi connectivity index (χ1v) is 6.58. The molecule has 18 heavy (non-hydrogen) atoms. The van der Waals surface area contributed by atoms with Crippen molar-refractivity contribution in [3.05, 3.63) is 71.8 Å². The zero-order chi connectivity index (χ0) is 12.8. The lowest BCUT2D eigenvalue weighted by Gasteiger charge is -2.21. The van der Waals surface area contributed by atoms with Gasteiger partial charge in [0.05, 0.1) is 0 Å². The van der Waals surface area contributed by atoms with Gasteiger partial charge in [-0.05, 0) is 31.5 Å². The molecule has 0 aromatic heterocycles. The molecule has 94 valence electrons. The Hall–Kier alpha value is -1.60. The fourth-order valence-electron chi connectivity index (χ4n) is 2.31. The van der Waals surface area contributed by atoms with Crippen LogP contribution in [0.2, 0.25) is 0 Å². The molecule has 1 atom stereocenters. The standard InChI is InChI=1S/C17H21N/c1-14(18-2)13-17(15-9-5-3-6-10-15)16-11-7-4-8-12-16/h3-12,14,17-18H,13H2,1-2H3. The summed E-state index contributed by atoms with van der Waals surface area (Å²) >= 11 is 0. The van der Waals surface area contributed by atoms with E-state index in [1.54, 1.807) is 0 Å². The number of hydrogen-bond donors (Lipinski definition) is 1. The maximum Gasteiger partial charge on any atom is 0.0104 e. The summed E-state index contributed by atoms with van der Waals surface area (Å²) < 4.78 is 0. The summed E-state index contributed by atoms with van der Waals surface area (Å²) in [7, 11) is 2.03. The molecule has 0 fully saturated rings. The highest BCUT2D eigenvalue weighted by atomic mass is 14.8. The van der Waals surface area contributed by atoms with Crippen LogP contribution in [-0.2, 0) is 0 Å². The van der Waals surface area contributed by atoms with Gasteiger partial charge < -0.3 is 5.32 Å². The molecular weight excluding hydrogens is 218 g/mol. The zero-order valence-electron chi connectivity index (χ0n) is 11.1. The summed E-state index contributed by atoms with van der Waals surface area (Å²) in [4.78, 5) is 0. The van der Waals surface area contributed by atoms with Crippen LogP contribution in [0.15, 0.2) is 60.7 Å². The fourth-order valence-corrected chi connectivity index (χ4v) is 2.31. The molecule has 2 aromatic carbocycles. The van der Waals surface area contributed by atoms with Crippen LogP contribution in [-0.4, -0.2) is 13.1 Å². The maximum absolute atomic E-state index is 3.33. The van der Waals surface area contributed by atoms with Crippen molar-refractivity contribution in [3.8, 4) is 0 Å². The first-order chi connectivity index (χ1) is 8.81. The SMILES string of the molecule is CNC(C)CC(c1ccccc1)c1ccccc1. The van der Waals surface area contributed by atoms with Crippen LogP contribution in [0.5, 0.6) is 0 Å². The van der Waals surface area contributed by atoms with Gasteiger partial charge in [0.1, 0.15) is 0 Å². The lowest BCUT2D eigenvalue weighted by Crippen LogP contribution is -2.24. The third kappa shape index (κ3) is 3.21. The lowest BCUT2D eigenvalue weighted by molar-refractivity contribution is 0.530. The average Bonchev–Trinajstić information content (AvgIpc) is 2.46. The molecule has 1 nitrogen and oxygen atoms in total. The number of benzene rings is 2. The molecule has 0 amide bonds. The first-order valence-electron chi connectivity index (χ1n) is 6.58. The Kier molecular flexibility index (Phi) is 4.54. The van der Waals surface area contributed by atoms with Gasteiger partial charge in [-0.3, -0.25) is 0 Å². The largest absolute Gasteiger partial charge is 0.317 e. The highest BCUT2D eigenvalue weighted by Crippen LogP contribution is 2.28. The lowest BCUT2D eigenvalue weighted by atomic mass is 9.86. The Labute approximate surface area is 110 Å². The topological polar surface area (TPSA) is 12.0 Å². The fraction of sp³-hybridized carbons (Fsp3) is 0.294. The molecule has 0 aliphatic carbocycles. The summed E-state index contributed by atoms with van der Waals surface area (Å²) in [6.45, 7) is 2.24. The van der Waals surface area contributed by atoms with Crippen molar-refractivity contribution >= 4 is 0 Å². The second kappa shape index (κ2) is 6.36. The third-order valence-corrected chi connectivity index (χ3v) is 3.49. The average molecular weight is 239 g/mol. The van der Waals surface area contributed by atoms with Crippen molar-refractivity contribution in [1.82, 2.24) is 5.32 Å². The first kappa shape index (κ1) is 12.8. The molecule has 0 heterocycles. The normalized spacial score (nSPS) is 12.6. The summed E-state index contributed by atoms with van der Waals surface area (Å²) in [6.07, 6.45) is 1.12. The van der Waals surface area contributed by atoms with Crippen molar-refractivity contribution in [2.75, 3.05) is 7.05 Å². The van der Waals surface area contributed by atoms with Crippen molar-refractivity contribution in [2.45, 2.75) is 25.3 Å². The molecular formula is C17H21N. The second-order valence-corrected chi connectivity index (χ2v) is 4.80. The van der Waals surface area contributed by atoms with Crippen LogP contribution in [0.4, 0.5) is 0 Å². The minimum Gasteiger partial charge on any atom is -0.317 e. The molecule has 1 unspecified atom stereocenters. The van der Waals surface area contributed by atoms with Crippen LogP contribution in [0.1, 0.15) is 30.4 Å². The molecule has 1 N–H and O–H groups in total. The van der Waals surface area contributed by atoms with Gasteiger partial charge in [0.2, 0.25) is 0 Å². The van der Waals surface area contributed by atoms with E-state index in [2.05, 4.69) is 72.9 Å². The highest BCUT2D eigenvalue weighted by molar-refractivity contribution is 5.32. The molecule has 0 saturated carbocycles. The van der Waals surface area contributed by atoms with Gasteiger partial charge in [-0.15, -0.1) is 0 Å². The molecule has 0 bridgehead atoms. The Morgan fingerprint density at radius 3 is 1.67 bits per heavy atom. The minimum atomic E-state index is 0.467. The smallest absolute Gasteiger partial charge is 0.0104 e. The van der Waals surface area contributed by atoms with Crippen molar-refractivity contribution in [3.63, 3.8) is 0 Å². The predicted molar refractivity (Wildman–Crippen MR) is 77.9 cm³/mol. The van der Waals surface area contributed by atoms with Gasteiger partial charge >= 0.3 is 0 Å². The zero-order valence-corrected chi connectivity index (χ0v) is 11.1. The molecule has 0 saturated heterocycles. The summed E-state index contributed by atoms with van der Waals surface area (Å²) in [6, 6.07) is 22.0. The van der Waals surface area contributed by atoms with E-state index in [0.717, 1.165) is 6.42 Å². The number of hydrogen-bond acceptors (Lipinski definition) is 1. The Balaban J connectivity index is 2.29. The van der Waals surface area contributed by atoms with E-state index in [4.69, 9.17) is 0 Å². The van der Waals surface area contributed by atoms with Gasteiger partial charge in [0.15, 0.2) is 0 Å². The van der Waals surface area contributed by atoms with E-state index >= 15 is 0 Å². The summed E-state index contributed by atoms with van der Waals surface area (Å²) in [5, 5.41) is 3.33. The molecule has 0 aliphatic rings. The van der Waals surface area contributed by atoms with Gasteiger partial charge in [-0.25, -0.2) is 0 Å². The van der Waals surface area contributed by atoms with E-state index in [1.165, 1.54) is 11.1 Å². The van der Waals surface area contributed by atoms with E-state index in [1.807, 2.05) is 7.05 Å². The van der Waals surface area contributed by atoms with Crippen molar-refractivity contribution in [2.24, 2.45) is 0 Å². The monoisotopic (exact) mass is 239 g/mol. The van der Waals surface area contributed by atoms with Crippen molar-refractivity contribution in [1.29, 1.82) is 0 Å². The summed E-state index contributed by atoms with van der Waals surface area (Å²) in [5.41, 5.74) is 2.79. The number of rotatable bonds is 5. The Morgan fingerprint density at radius 2 is 1.28 bits per heavy atom. The molecule has 0 radical (unpaired) electrons. The predicted octanol–water partition coefficient (Wildman–Crippen LogP) is 3.82. The van der Waals surface area contributed by atoms with Gasteiger partial charge in [-0.1, -0.05) is 60.7 Å². The molecule has 1 heteroatoms. The van der Waals surface area contributed by atoms with Crippen LogP contribution in [0, 0.1) is 0 Å². The van der Waals surface area contributed by atoms with Crippen LogP contribution >= 0.6 is 0 Å². The van der Waals surface area contributed by atoms with Gasteiger partial charge in [0.25, 0.3) is 0 Å². The van der Waals surface area contributed by atoms with Crippen LogP contribution < -0.4 is 5.32 Å². The van der Waals surface area contributed by atoms with Crippen LogP contribution in [0.3, 0.4) is 0 Å². The van der Waals surface area contributed by atoms with E-state index in [-0.39, 0.29) is 0 Å². The quantitative estimate of drug-likeness (QED) is 0.836. The minimum absolute atomic E-state index is 0.467. The second-order valence-electron chi connectivity index (χ2n) is 4.80.